The lowest BCUT2D eigenvalue weighted by molar-refractivity contribution is 0.102. The van der Waals surface area contributed by atoms with E-state index >= 15 is 0 Å². The lowest BCUT2D eigenvalue weighted by atomic mass is 9.99. The number of hydrogen-bond donors (Lipinski definition) is 1. The van der Waals surface area contributed by atoms with Gasteiger partial charge in [-0.3, -0.25) is 4.79 Å². The quantitative estimate of drug-likeness (QED) is 0.707. The van der Waals surface area contributed by atoms with Crippen LogP contribution in [-0.2, 0) is 20.0 Å². The van der Waals surface area contributed by atoms with Gasteiger partial charge in [-0.2, -0.15) is 0 Å². The van der Waals surface area contributed by atoms with E-state index in [0.29, 0.717) is 17.3 Å². The third-order valence-electron chi connectivity index (χ3n) is 5.06. The highest BCUT2D eigenvalue weighted by Gasteiger charge is 2.22. The summed E-state index contributed by atoms with van der Waals surface area (Å²) in [6.07, 6.45) is 3.52. The number of hydrogen-bond acceptors (Lipinski definition) is 3. The van der Waals surface area contributed by atoms with Crippen molar-refractivity contribution in [2.75, 3.05) is 16.8 Å². The van der Waals surface area contributed by atoms with Crippen LogP contribution in [-0.4, -0.2) is 22.0 Å². The number of aromatic nitrogens is 2. The lowest BCUT2D eigenvalue weighted by Gasteiger charge is -2.32. The standard InChI is InChI=1S/C21H20ClFN4O/c1-26-19(22)12-24-20(26)13-27-11-3-4-16-17(5-2-6-18(16)27)25-21(28)14-7-9-15(23)10-8-14/h2,5-10,12H,3-4,11,13H2,1H3,(H,25,28). The van der Waals surface area contributed by atoms with Crippen LogP contribution in [0.1, 0.15) is 28.2 Å². The molecule has 0 spiro atoms. The summed E-state index contributed by atoms with van der Waals surface area (Å²) in [7, 11) is 1.90. The van der Waals surface area contributed by atoms with Crippen molar-refractivity contribution in [1.29, 1.82) is 0 Å². The summed E-state index contributed by atoms with van der Waals surface area (Å²) in [5.41, 5.74) is 3.40. The Labute approximate surface area is 167 Å². The first-order chi connectivity index (χ1) is 13.5. The Morgan fingerprint density at radius 1 is 1.25 bits per heavy atom. The van der Waals surface area contributed by atoms with E-state index in [1.807, 2.05) is 23.7 Å². The molecule has 144 valence electrons. The first-order valence-electron chi connectivity index (χ1n) is 9.13. The van der Waals surface area contributed by atoms with Crippen LogP contribution in [0.15, 0.2) is 48.7 Å². The van der Waals surface area contributed by atoms with Gasteiger partial charge in [0.25, 0.3) is 5.91 Å². The molecule has 3 aromatic rings. The van der Waals surface area contributed by atoms with Gasteiger partial charge in [0.1, 0.15) is 16.8 Å². The molecule has 7 heteroatoms. The Kier molecular flexibility index (Phi) is 5.05. The maximum absolute atomic E-state index is 13.1. The molecule has 1 aromatic heterocycles. The van der Waals surface area contributed by atoms with Gasteiger partial charge in [0, 0.05) is 30.5 Å². The van der Waals surface area contributed by atoms with Crippen molar-refractivity contribution in [3.05, 3.63) is 76.6 Å². The molecule has 0 saturated carbocycles. The molecule has 0 bridgehead atoms. The summed E-state index contributed by atoms with van der Waals surface area (Å²) < 4.78 is 15.0. The molecule has 28 heavy (non-hydrogen) atoms. The second-order valence-electron chi connectivity index (χ2n) is 6.85. The third-order valence-corrected chi connectivity index (χ3v) is 5.41. The molecule has 0 radical (unpaired) electrons. The molecule has 4 rings (SSSR count). The van der Waals surface area contributed by atoms with Gasteiger partial charge >= 0.3 is 0 Å². The normalized spacial score (nSPS) is 13.3. The number of nitrogens with one attached hydrogen (secondary N) is 1. The van der Waals surface area contributed by atoms with Gasteiger partial charge in [-0.1, -0.05) is 17.7 Å². The molecule has 0 fully saturated rings. The summed E-state index contributed by atoms with van der Waals surface area (Å²) in [5, 5.41) is 3.58. The van der Waals surface area contributed by atoms with E-state index in [4.69, 9.17) is 11.6 Å². The lowest BCUT2D eigenvalue weighted by Crippen LogP contribution is -2.30. The van der Waals surface area contributed by atoms with Gasteiger partial charge in [0.15, 0.2) is 0 Å². The first-order valence-corrected chi connectivity index (χ1v) is 9.50. The Morgan fingerprint density at radius 3 is 2.75 bits per heavy atom. The third kappa shape index (κ3) is 3.60. The number of amides is 1. The van der Waals surface area contributed by atoms with Crippen molar-refractivity contribution in [2.45, 2.75) is 19.4 Å². The van der Waals surface area contributed by atoms with Crippen LogP contribution >= 0.6 is 11.6 Å². The van der Waals surface area contributed by atoms with Crippen LogP contribution in [0.25, 0.3) is 0 Å². The fourth-order valence-corrected chi connectivity index (χ4v) is 3.67. The van der Waals surface area contributed by atoms with Crippen molar-refractivity contribution < 1.29 is 9.18 Å². The molecule has 1 N–H and O–H groups in total. The molecule has 1 amide bonds. The Balaban J connectivity index is 1.59. The van der Waals surface area contributed by atoms with E-state index in [9.17, 15) is 9.18 Å². The van der Waals surface area contributed by atoms with E-state index in [0.717, 1.165) is 42.1 Å². The van der Waals surface area contributed by atoms with Gasteiger partial charge in [-0.25, -0.2) is 9.37 Å². The van der Waals surface area contributed by atoms with Crippen molar-refractivity contribution in [3.8, 4) is 0 Å². The smallest absolute Gasteiger partial charge is 0.255 e. The van der Waals surface area contributed by atoms with E-state index in [2.05, 4.69) is 21.3 Å². The van der Waals surface area contributed by atoms with Crippen LogP contribution in [0.4, 0.5) is 15.8 Å². The minimum Gasteiger partial charge on any atom is -0.364 e. The molecular weight excluding hydrogens is 379 g/mol. The Morgan fingerprint density at radius 2 is 2.04 bits per heavy atom. The minimum atomic E-state index is -0.362. The van der Waals surface area contributed by atoms with E-state index in [1.54, 1.807) is 6.20 Å². The summed E-state index contributed by atoms with van der Waals surface area (Å²) in [5.74, 6) is 0.277. The molecule has 0 unspecified atom stereocenters. The van der Waals surface area contributed by atoms with Crippen molar-refractivity contribution in [2.24, 2.45) is 7.05 Å². The predicted octanol–water partition coefficient (Wildman–Crippen LogP) is 4.42. The van der Waals surface area contributed by atoms with Crippen LogP contribution in [0, 0.1) is 5.82 Å². The number of nitrogens with zero attached hydrogens (tertiary/aromatic N) is 3. The Hall–Kier alpha value is -2.86. The van der Waals surface area contributed by atoms with Gasteiger partial charge in [0.2, 0.25) is 0 Å². The summed E-state index contributed by atoms with van der Waals surface area (Å²) in [6.45, 7) is 1.55. The predicted molar refractivity (Wildman–Crippen MR) is 108 cm³/mol. The molecule has 2 heterocycles. The van der Waals surface area contributed by atoms with E-state index in [-0.39, 0.29) is 11.7 Å². The molecule has 0 atom stereocenters. The molecule has 2 aromatic carbocycles. The van der Waals surface area contributed by atoms with Crippen LogP contribution in [0.5, 0.6) is 0 Å². The highest BCUT2D eigenvalue weighted by molar-refractivity contribution is 6.29. The number of imidazole rings is 1. The molecule has 1 aliphatic heterocycles. The maximum Gasteiger partial charge on any atom is 0.255 e. The van der Waals surface area contributed by atoms with Gasteiger partial charge in [0.05, 0.1) is 12.7 Å². The fourth-order valence-electron chi connectivity index (χ4n) is 3.52. The first kappa shape index (κ1) is 18.5. The zero-order chi connectivity index (χ0) is 19.7. The van der Waals surface area contributed by atoms with Crippen LogP contribution in [0.3, 0.4) is 0 Å². The number of halogens is 2. The Bertz CT molecular complexity index is 1020. The zero-order valence-corrected chi connectivity index (χ0v) is 16.2. The topological polar surface area (TPSA) is 50.2 Å². The number of carbonyl (C=O) groups excluding carboxylic acids is 1. The second kappa shape index (κ2) is 7.64. The largest absolute Gasteiger partial charge is 0.364 e. The zero-order valence-electron chi connectivity index (χ0n) is 15.5. The number of anilines is 2. The van der Waals surface area contributed by atoms with Crippen molar-refractivity contribution in [1.82, 2.24) is 9.55 Å². The van der Waals surface area contributed by atoms with Crippen molar-refractivity contribution >= 4 is 28.9 Å². The molecule has 5 nitrogen and oxygen atoms in total. The van der Waals surface area contributed by atoms with Crippen molar-refractivity contribution in [3.63, 3.8) is 0 Å². The highest BCUT2D eigenvalue weighted by atomic mass is 35.5. The average molecular weight is 399 g/mol. The average Bonchev–Trinajstić information content (AvgIpc) is 3.01. The second-order valence-corrected chi connectivity index (χ2v) is 7.23. The number of benzene rings is 2. The SMILES string of the molecule is Cn1c(Cl)cnc1CN1CCCc2c(NC(=O)c3ccc(F)cc3)cccc21. The molecule has 0 saturated heterocycles. The van der Waals surface area contributed by atoms with E-state index < -0.39 is 0 Å². The molecular formula is C21H20ClFN4O. The fraction of sp³-hybridized carbons (Fsp3) is 0.238. The summed E-state index contributed by atoms with van der Waals surface area (Å²) in [4.78, 5) is 19.2. The number of carbonyl (C=O) groups is 1. The summed E-state index contributed by atoms with van der Waals surface area (Å²) in [6, 6.07) is 11.4. The number of fused-ring (bicyclic) bond motifs is 1. The monoisotopic (exact) mass is 398 g/mol. The highest BCUT2D eigenvalue weighted by Crippen LogP contribution is 2.34. The molecule has 0 aliphatic carbocycles. The molecule has 1 aliphatic rings. The number of rotatable bonds is 4. The van der Waals surface area contributed by atoms with Crippen LogP contribution < -0.4 is 10.2 Å². The summed E-state index contributed by atoms with van der Waals surface area (Å²) >= 11 is 6.11. The maximum atomic E-state index is 13.1. The minimum absolute atomic E-state index is 0.249. The van der Waals surface area contributed by atoms with Gasteiger partial charge < -0.3 is 14.8 Å². The van der Waals surface area contributed by atoms with Gasteiger partial charge in [-0.05, 0) is 54.8 Å². The van der Waals surface area contributed by atoms with E-state index in [1.165, 1.54) is 24.3 Å². The van der Waals surface area contributed by atoms with Crippen LogP contribution in [0.2, 0.25) is 5.15 Å². The van der Waals surface area contributed by atoms with Gasteiger partial charge in [-0.15, -0.1) is 0 Å².